The van der Waals surface area contributed by atoms with E-state index in [9.17, 15) is 4.79 Å². The number of hydrogen-bond donors (Lipinski definition) is 3. The molecule has 4 N–H and O–H groups in total. The Bertz CT molecular complexity index is 575. The molecule has 0 amide bonds. The van der Waals surface area contributed by atoms with E-state index < -0.39 is 5.97 Å². The lowest BCUT2D eigenvalue weighted by Crippen LogP contribution is -2.07. The minimum atomic E-state index is -0.978. The molecule has 0 atom stereocenters. The third kappa shape index (κ3) is 3.04. The predicted octanol–water partition coefficient (Wildman–Crippen LogP) is 1.62. The number of nitrogens with two attached hydrogens (primary N) is 1. The zero-order valence-electron chi connectivity index (χ0n) is 10.5. The quantitative estimate of drug-likeness (QED) is 0.710. The van der Waals surface area contributed by atoms with Crippen molar-refractivity contribution in [3.8, 4) is 5.75 Å². The van der Waals surface area contributed by atoms with Crippen LogP contribution in [0, 0.1) is 6.92 Å². The van der Waals surface area contributed by atoms with Gasteiger partial charge in [0.05, 0.1) is 12.3 Å². The van der Waals surface area contributed by atoms with Gasteiger partial charge in [-0.2, -0.15) is 5.10 Å². The fourth-order valence-corrected chi connectivity index (χ4v) is 1.77. The van der Waals surface area contributed by atoms with Crippen LogP contribution in [-0.2, 0) is 6.42 Å². The van der Waals surface area contributed by atoms with E-state index in [0.717, 1.165) is 0 Å². The number of rotatable bonds is 5. The average molecular weight is 261 g/mol. The zero-order chi connectivity index (χ0) is 13.8. The maximum absolute atomic E-state index is 11.1. The number of aromatic amines is 1. The van der Waals surface area contributed by atoms with E-state index in [4.69, 9.17) is 15.6 Å². The Morgan fingerprint density at radius 3 is 2.74 bits per heavy atom. The minimum Gasteiger partial charge on any atom is -0.493 e. The third-order valence-electron chi connectivity index (χ3n) is 2.72. The number of aromatic carboxylic acids is 1. The smallest absolute Gasteiger partial charge is 0.339 e. The number of aromatic nitrogens is 2. The van der Waals surface area contributed by atoms with Crippen LogP contribution in [0.1, 0.15) is 21.7 Å². The number of aryl methyl sites for hydroxylation is 1. The largest absolute Gasteiger partial charge is 0.493 e. The third-order valence-corrected chi connectivity index (χ3v) is 2.72. The molecule has 1 aromatic carbocycles. The van der Waals surface area contributed by atoms with Gasteiger partial charge in [-0.3, -0.25) is 5.10 Å². The number of carboxylic acids is 1. The molecule has 0 unspecified atom stereocenters. The second-order valence-electron chi connectivity index (χ2n) is 4.14. The summed E-state index contributed by atoms with van der Waals surface area (Å²) in [5.74, 6) is -0.285. The molecule has 0 bridgehead atoms. The summed E-state index contributed by atoms with van der Waals surface area (Å²) in [5, 5.41) is 15.7. The number of hydrogen-bond acceptors (Lipinski definition) is 4. The second kappa shape index (κ2) is 5.43. The number of anilines is 1. The first-order valence-electron chi connectivity index (χ1n) is 5.83. The monoisotopic (exact) mass is 261 g/mol. The molecule has 1 heterocycles. The average Bonchev–Trinajstić information content (AvgIpc) is 2.73. The fourth-order valence-electron chi connectivity index (χ4n) is 1.77. The van der Waals surface area contributed by atoms with E-state index in [0.29, 0.717) is 35.9 Å². The number of nitrogens with one attached hydrogen (secondary N) is 1. The molecule has 0 saturated heterocycles. The molecule has 100 valence electrons. The van der Waals surface area contributed by atoms with Gasteiger partial charge in [0.25, 0.3) is 0 Å². The highest BCUT2D eigenvalue weighted by molar-refractivity contribution is 5.90. The van der Waals surface area contributed by atoms with Gasteiger partial charge in [-0.05, 0) is 31.2 Å². The van der Waals surface area contributed by atoms with Crippen LogP contribution < -0.4 is 10.5 Å². The van der Waals surface area contributed by atoms with Crippen molar-refractivity contribution in [1.29, 1.82) is 0 Å². The highest BCUT2D eigenvalue weighted by atomic mass is 16.5. The predicted molar refractivity (Wildman–Crippen MR) is 70.3 cm³/mol. The van der Waals surface area contributed by atoms with Crippen molar-refractivity contribution >= 4 is 11.7 Å². The molecular weight excluding hydrogens is 246 g/mol. The number of ether oxygens (including phenoxy) is 1. The van der Waals surface area contributed by atoms with Crippen LogP contribution in [-0.4, -0.2) is 27.9 Å². The summed E-state index contributed by atoms with van der Waals surface area (Å²) in [6, 6.07) is 7.03. The maximum Gasteiger partial charge on any atom is 0.339 e. The lowest BCUT2D eigenvalue weighted by molar-refractivity contribution is 0.0695. The number of H-pyrrole nitrogens is 1. The van der Waals surface area contributed by atoms with Gasteiger partial charge in [-0.25, -0.2) is 4.79 Å². The van der Waals surface area contributed by atoms with E-state index in [2.05, 4.69) is 10.2 Å². The van der Waals surface area contributed by atoms with Gasteiger partial charge in [0.1, 0.15) is 11.3 Å². The molecule has 0 aliphatic rings. The lowest BCUT2D eigenvalue weighted by Gasteiger charge is -2.05. The highest BCUT2D eigenvalue weighted by Gasteiger charge is 2.16. The van der Waals surface area contributed by atoms with E-state index in [1.807, 2.05) is 0 Å². The molecule has 6 heteroatoms. The fraction of sp³-hybridized carbons (Fsp3) is 0.231. The minimum absolute atomic E-state index is 0.223. The molecule has 0 aliphatic carbocycles. The first kappa shape index (κ1) is 12.9. The van der Waals surface area contributed by atoms with Gasteiger partial charge in [-0.1, -0.05) is 0 Å². The molecule has 2 rings (SSSR count). The molecule has 1 aromatic heterocycles. The SMILES string of the molecule is Cc1[nH]nc(CCOc2ccc(N)cc2)c1C(=O)O. The molecule has 6 nitrogen and oxygen atoms in total. The Hall–Kier alpha value is -2.50. The van der Waals surface area contributed by atoms with Crippen LogP contribution in [0.5, 0.6) is 5.75 Å². The number of nitrogen functional groups attached to an aromatic ring is 1. The van der Waals surface area contributed by atoms with Gasteiger partial charge in [0.15, 0.2) is 0 Å². The van der Waals surface area contributed by atoms with Crippen molar-refractivity contribution in [1.82, 2.24) is 10.2 Å². The number of nitrogens with zero attached hydrogens (tertiary/aromatic N) is 1. The molecule has 19 heavy (non-hydrogen) atoms. The van der Waals surface area contributed by atoms with Crippen molar-refractivity contribution in [3.63, 3.8) is 0 Å². The Morgan fingerprint density at radius 2 is 2.11 bits per heavy atom. The number of carbonyl (C=O) groups is 1. The van der Waals surface area contributed by atoms with Crippen molar-refractivity contribution in [2.75, 3.05) is 12.3 Å². The van der Waals surface area contributed by atoms with Crippen LogP contribution in [0.15, 0.2) is 24.3 Å². The Morgan fingerprint density at radius 1 is 1.42 bits per heavy atom. The number of carboxylic acid groups (broad SMARTS) is 1. The second-order valence-corrected chi connectivity index (χ2v) is 4.14. The molecule has 0 radical (unpaired) electrons. The Labute approximate surface area is 110 Å². The van der Waals surface area contributed by atoms with Gasteiger partial charge in [0.2, 0.25) is 0 Å². The number of benzene rings is 1. The molecule has 0 aliphatic heterocycles. The van der Waals surface area contributed by atoms with Crippen molar-refractivity contribution < 1.29 is 14.6 Å². The normalized spacial score (nSPS) is 10.4. The topological polar surface area (TPSA) is 101 Å². The van der Waals surface area contributed by atoms with Crippen LogP contribution >= 0.6 is 0 Å². The van der Waals surface area contributed by atoms with Gasteiger partial charge in [0, 0.05) is 17.8 Å². The summed E-state index contributed by atoms with van der Waals surface area (Å²) in [6.07, 6.45) is 0.427. The summed E-state index contributed by atoms with van der Waals surface area (Å²) in [7, 11) is 0. The standard InChI is InChI=1S/C13H15N3O3/c1-8-12(13(17)18)11(16-15-8)6-7-19-10-4-2-9(14)3-5-10/h2-5H,6-7,14H2,1H3,(H,15,16)(H,17,18). The molecule has 0 saturated carbocycles. The van der Waals surface area contributed by atoms with Gasteiger partial charge in [-0.15, -0.1) is 0 Å². The maximum atomic E-state index is 11.1. The summed E-state index contributed by atoms with van der Waals surface area (Å²) >= 11 is 0. The van der Waals surface area contributed by atoms with Crippen LogP contribution in [0.3, 0.4) is 0 Å². The molecule has 2 aromatic rings. The first-order valence-corrected chi connectivity index (χ1v) is 5.83. The van der Waals surface area contributed by atoms with Crippen molar-refractivity contribution in [2.45, 2.75) is 13.3 Å². The van der Waals surface area contributed by atoms with Gasteiger partial charge < -0.3 is 15.6 Å². The molecule has 0 spiro atoms. The molecule has 0 fully saturated rings. The first-order chi connectivity index (χ1) is 9.08. The zero-order valence-corrected chi connectivity index (χ0v) is 10.5. The van der Waals surface area contributed by atoms with E-state index in [1.54, 1.807) is 31.2 Å². The summed E-state index contributed by atoms with van der Waals surface area (Å²) in [5.41, 5.74) is 7.51. The van der Waals surface area contributed by atoms with Crippen LogP contribution in [0.25, 0.3) is 0 Å². The van der Waals surface area contributed by atoms with Crippen molar-refractivity contribution in [2.24, 2.45) is 0 Å². The summed E-state index contributed by atoms with van der Waals surface area (Å²) < 4.78 is 5.51. The Balaban J connectivity index is 1.96. The lowest BCUT2D eigenvalue weighted by atomic mass is 10.1. The van der Waals surface area contributed by atoms with Crippen LogP contribution in [0.2, 0.25) is 0 Å². The van der Waals surface area contributed by atoms with E-state index >= 15 is 0 Å². The van der Waals surface area contributed by atoms with Gasteiger partial charge >= 0.3 is 5.97 Å². The van der Waals surface area contributed by atoms with E-state index in [1.165, 1.54) is 0 Å². The van der Waals surface area contributed by atoms with Crippen LogP contribution in [0.4, 0.5) is 5.69 Å². The molecular formula is C13H15N3O3. The van der Waals surface area contributed by atoms with Crippen molar-refractivity contribution in [3.05, 3.63) is 41.2 Å². The Kier molecular flexibility index (Phi) is 3.70. The van der Waals surface area contributed by atoms with E-state index in [-0.39, 0.29) is 5.56 Å². The summed E-state index contributed by atoms with van der Waals surface area (Å²) in [4.78, 5) is 11.1. The highest BCUT2D eigenvalue weighted by Crippen LogP contribution is 2.15. The summed E-state index contributed by atoms with van der Waals surface area (Å²) in [6.45, 7) is 2.04.